The summed E-state index contributed by atoms with van der Waals surface area (Å²) in [4.78, 5) is 0. The van der Waals surface area contributed by atoms with Gasteiger partial charge in [0, 0.05) is 17.1 Å². The molecule has 2 unspecified atom stereocenters. The van der Waals surface area contributed by atoms with Gasteiger partial charge < -0.3 is 5.32 Å². The maximum Gasteiger partial charge on any atom is 0.0450 e. The molecule has 1 aliphatic carbocycles. The maximum absolute atomic E-state index is 3.66. The number of hydrogen-bond donors (Lipinski definition) is 1. The van der Waals surface area contributed by atoms with Gasteiger partial charge in [-0.25, -0.2) is 0 Å². The van der Waals surface area contributed by atoms with Crippen LogP contribution in [0.3, 0.4) is 0 Å². The average molecular weight is 223 g/mol. The van der Waals surface area contributed by atoms with E-state index in [1.54, 1.807) is 11.3 Å². The Morgan fingerprint density at radius 1 is 1.40 bits per heavy atom. The Bertz CT molecular complexity index is 302. The third-order valence-corrected chi connectivity index (χ3v) is 3.96. The topological polar surface area (TPSA) is 12.0 Å². The Labute approximate surface area is 96.9 Å². The van der Waals surface area contributed by atoms with E-state index in [1.807, 2.05) is 0 Å². The summed E-state index contributed by atoms with van der Waals surface area (Å²) < 4.78 is 0. The van der Waals surface area contributed by atoms with Crippen LogP contribution in [0.5, 0.6) is 0 Å². The van der Waals surface area contributed by atoms with Crippen LogP contribution in [0.1, 0.15) is 40.0 Å². The van der Waals surface area contributed by atoms with E-state index in [1.165, 1.54) is 24.9 Å². The van der Waals surface area contributed by atoms with Gasteiger partial charge in [-0.2, -0.15) is 11.3 Å². The smallest absolute Gasteiger partial charge is 0.0450 e. The summed E-state index contributed by atoms with van der Waals surface area (Å²) in [6, 6.07) is 2.84. The van der Waals surface area contributed by atoms with Crippen molar-refractivity contribution in [2.75, 3.05) is 5.32 Å². The number of anilines is 1. The molecule has 2 atom stereocenters. The van der Waals surface area contributed by atoms with E-state index >= 15 is 0 Å². The minimum Gasteiger partial charge on any atom is -0.382 e. The minimum absolute atomic E-state index is 0.505. The first kappa shape index (κ1) is 11.0. The minimum atomic E-state index is 0.505. The van der Waals surface area contributed by atoms with Crippen LogP contribution in [-0.4, -0.2) is 6.04 Å². The summed E-state index contributed by atoms with van der Waals surface area (Å²) in [5.74, 6) is 0.852. The van der Waals surface area contributed by atoms with Crippen LogP contribution in [0, 0.1) is 11.3 Å². The van der Waals surface area contributed by atoms with Gasteiger partial charge in [0.2, 0.25) is 0 Å². The highest BCUT2D eigenvalue weighted by Gasteiger charge is 2.31. The van der Waals surface area contributed by atoms with Crippen molar-refractivity contribution in [2.24, 2.45) is 11.3 Å². The highest BCUT2D eigenvalue weighted by atomic mass is 32.1. The monoisotopic (exact) mass is 223 g/mol. The average Bonchev–Trinajstić information content (AvgIpc) is 2.52. The van der Waals surface area contributed by atoms with Gasteiger partial charge in [-0.3, -0.25) is 0 Å². The molecule has 0 aromatic carbocycles. The molecule has 1 nitrogen and oxygen atoms in total. The molecule has 0 amide bonds. The second kappa shape index (κ2) is 4.17. The summed E-state index contributed by atoms with van der Waals surface area (Å²) in [5.41, 5.74) is 1.81. The normalized spacial score (nSPS) is 30.1. The van der Waals surface area contributed by atoms with Crippen LogP contribution < -0.4 is 5.32 Å². The van der Waals surface area contributed by atoms with Crippen molar-refractivity contribution >= 4 is 17.0 Å². The third kappa shape index (κ3) is 2.97. The lowest BCUT2D eigenvalue weighted by atomic mass is 9.70. The molecule has 0 bridgehead atoms. The summed E-state index contributed by atoms with van der Waals surface area (Å²) in [7, 11) is 0. The SMILES string of the molecule is CC1CC(Nc2ccsc2)CC(C)(C)C1. The van der Waals surface area contributed by atoms with Gasteiger partial charge in [0.1, 0.15) is 0 Å². The molecule has 2 heteroatoms. The van der Waals surface area contributed by atoms with Crippen molar-refractivity contribution in [3.05, 3.63) is 16.8 Å². The van der Waals surface area contributed by atoms with Crippen LogP contribution in [0.15, 0.2) is 16.8 Å². The molecule has 1 aliphatic rings. The largest absolute Gasteiger partial charge is 0.382 e. The van der Waals surface area contributed by atoms with E-state index in [9.17, 15) is 0 Å². The molecule has 0 radical (unpaired) electrons. The predicted octanol–water partition coefficient (Wildman–Crippen LogP) is 4.37. The van der Waals surface area contributed by atoms with Crippen LogP contribution in [-0.2, 0) is 0 Å². The van der Waals surface area contributed by atoms with E-state index in [2.05, 4.69) is 42.9 Å². The fraction of sp³-hybridized carbons (Fsp3) is 0.692. The number of rotatable bonds is 2. The van der Waals surface area contributed by atoms with E-state index < -0.39 is 0 Å². The summed E-state index contributed by atoms with van der Waals surface area (Å²) in [6.07, 6.45) is 3.99. The van der Waals surface area contributed by atoms with E-state index in [4.69, 9.17) is 0 Å². The Morgan fingerprint density at radius 2 is 2.20 bits per heavy atom. The second-order valence-corrected chi connectivity index (χ2v) is 6.55. The molecular formula is C13H21NS. The summed E-state index contributed by atoms with van der Waals surface area (Å²) >= 11 is 1.77. The number of nitrogens with one attached hydrogen (secondary N) is 1. The maximum atomic E-state index is 3.66. The highest BCUT2D eigenvalue weighted by Crippen LogP contribution is 2.39. The first-order valence-electron chi connectivity index (χ1n) is 5.84. The Hall–Kier alpha value is -0.500. The lowest BCUT2D eigenvalue weighted by Gasteiger charge is -2.39. The number of hydrogen-bond acceptors (Lipinski definition) is 2. The molecule has 1 aromatic heterocycles. The van der Waals surface area contributed by atoms with Crippen molar-refractivity contribution in [2.45, 2.75) is 46.1 Å². The van der Waals surface area contributed by atoms with Gasteiger partial charge in [0.25, 0.3) is 0 Å². The zero-order valence-corrected chi connectivity index (χ0v) is 10.7. The van der Waals surface area contributed by atoms with Crippen molar-refractivity contribution in [3.63, 3.8) is 0 Å². The van der Waals surface area contributed by atoms with Gasteiger partial charge >= 0.3 is 0 Å². The molecule has 15 heavy (non-hydrogen) atoms. The Kier molecular flexibility index (Phi) is 3.06. The lowest BCUT2D eigenvalue weighted by molar-refractivity contribution is 0.178. The predicted molar refractivity (Wildman–Crippen MR) is 68.5 cm³/mol. The van der Waals surface area contributed by atoms with Crippen molar-refractivity contribution in [3.8, 4) is 0 Å². The molecule has 1 saturated carbocycles. The summed E-state index contributed by atoms with van der Waals surface area (Å²) in [5, 5.41) is 8.00. The fourth-order valence-electron chi connectivity index (χ4n) is 3.04. The molecule has 84 valence electrons. The molecular weight excluding hydrogens is 202 g/mol. The lowest BCUT2D eigenvalue weighted by Crippen LogP contribution is -2.35. The van der Waals surface area contributed by atoms with Gasteiger partial charge in [-0.1, -0.05) is 20.8 Å². The molecule has 1 N–H and O–H groups in total. The van der Waals surface area contributed by atoms with Gasteiger partial charge in [-0.15, -0.1) is 0 Å². The van der Waals surface area contributed by atoms with Crippen molar-refractivity contribution in [1.82, 2.24) is 0 Å². The van der Waals surface area contributed by atoms with E-state index in [0.717, 1.165) is 5.92 Å². The Balaban J connectivity index is 1.98. The van der Waals surface area contributed by atoms with Crippen molar-refractivity contribution in [1.29, 1.82) is 0 Å². The zero-order valence-electron chi connectivity index (χ0n) is 9.92. The molecule has 1 aromatic rings. The first-order valence-corrected chi connectivity index (χ1v) is 6.78. The van der Waals surface area contributed by atoms with Gasteiger partial charge in [0.05, 0.1) is 0 Å². The van der Waals surface area contributed by atoms with Crippen LogP contribution >= 0.6 is 11.3 Å². The number of thiophene rings is 1. The van der Waals surface area contributed by atoms with Gasteiger partial charge in [0.15, 0.2) is 0 Å². The van der Waals surface area contributed by atoms with E-state index in [-0.39, 0.29) is 0 Å². The quantitative estimate of drug-likeness (QED) is 0.785. The molecule has 1 fully saturated rings. The standard InChI is InChI=1S/C13H21NS/c1-10-6-12(8-13(2,3)7-10)14-11-4-5-15-9-11/h4-5,9-10,12,14H,6-8H2,1-3H3. The zero-order chi connectivity index (χ0) is 10.9. The third-order valence-electron chi connectivity index (χ3n) is 3.28. The highest BCUT2D eigenvalue weighted by molar-refractivity contribution is 7.08. The molecule has 2 rings (SSSR count). The van der Waals surface area contributed by atoms with Gasteiger partial charge in [-0.05, 0) is 42.0 Å². The fourth-order valence-corrected chi connectivity index (χ4v) is 3.64. The summed E-state index contributed by atoms with van der Waals surface area (Å²) in [6.45, 7) is 7.17. The van der Waals surface area contributed by atoms with Crippen LogP contribution in [0.4, 0.5) is 5.69 Å². The molecule has 1 heterocycles. The Morgan fingerprint density at radius 3 is 2.80 bits per heavy atom. The second-order valence-electron chi connectivity index (χ2n) is 5.77. The molecule has 0 spiro atoms. The van der Waals surface area contributed by atoms with E-state index in [0.29, 0.717) is 11.5 Å². The van der Waals surface area contributed by atoms with Crippen LogP contribution in [0.2, 0.25) is 0 Å². The molecule has 0 saturated heterocycles. The first-order chi connectivity index (χ1) is 7.05. The van der Waals surface area contributed by atoms with Crippen LogP contribution in [0.25, 0.3) is 0 Å². The van der Waals surface area contributed by atoms with Crippen molar-refractivity contribution < 1.29 is 0 Å². The molecule has 0 aliphatic heterocycles.